The van der Waals surface area contributed by atoms with Gasteiger partial charge in [0.15, 0.2) is 5.96 Å². The van der Waals surface area contributed by atoms with Gasteiger partial charge in [-0.15, -0.1) is 11.3 Å². The second-order valence-corrected chi connectivity index (χ2v) is 6.88. The number of aliphatic imine (C=N–C) groups is 1. The maximum Gasteiger partial charge on any atom is 0.213 e. The number of hydrogen-bond acceptors (Lipinski definition) is 5. The van der Waals surface area contributed by atoms with Gasteiger partial charge in [0.2, 0.25) is 5.88 Å². The molecule has 0 aliphatic carbocycles. The van der Waals surface area contributed by atoms with E-state index in [4.69, 9.17) is 4.74 Å². The van der Waals surface area contributed by atoms with Crippen molar-refractivity contribution in [3.05, 3.63) is 41.4 Å². The van der Waals surface area contributed by atoms with Gasteiger partial charge in [-0.25, -0.2) is 4.98 Å². The van der Waals surface area contributed by atoms with Crippen LogP contribution in [0.1, 0.15) is 18.5 Å². The normalized spacial score (nSPS) is 15.9. The van der Waals surface area contributed by atoms with Crippen LogP contribution in [0.4, 0.5) is 5.00 Å². The summed E-state index contributed by atoms with van der Waals surface area (Å²) in [4.78, 5) is 11.2. The van der Waals surface area contributed by atoms with Crippen LogP contribution in [0.3, 0.4) is 0 Å². The number of anilines is 1. The lowest BCUT2D eigenvalue weighted by atomic mass is 10.1. The van der Waals surface area contributed by atoms with Crippen LogP contribution >= 0.6 is 11.3 Å². The minimum absolute atomic E-state index is 0.445. The van der Waals surface area contributed by atoms with E-state index in [2.05, 4.69) is 43.0 Å². The Labute approximate surface area is 152 Å². The van der Waals surface area contributed by atoms with Gasteiger partial charge >= 0.3 is 0 Å². The predicted octanol–water partition coefficient (Wildman–Crippen LogP) is 2.49. The van der Waals surface area contributed by atoms with Crippen molar-refractivity contribution in [2.75, 3.05) is 32.1 Å². The first kappa shape index (κ1) is 17.5. The van der Waals surface area contributed by atoms with E-state index in [9.17, 15) is 0 Å². The van der Waals surface area contributed by atoms with E-state index in [0.717, 1.165) is 37.6 Å². The summed E-state index contributed by atoms with van der Waals surface area (Å²) in [6.07, 6.45) is 2.21. The summed E-state index contributed by atoms with van der Waals surface area (Å²) in [6, 6.07) is 10.5. The fourth-order valence-corrected chi connectivity index (χ4v) is 3.71. The molecule has 1 saturated heterocycles. The molecule has 25 heavy (non-hydrogen) atoms. The lowest BCUT2D eigenvalue weighted by molar-refractivity contribution is 0.396. The quantitative estimate of drug-likeness (QED) is 0.634. The van der Waals surface area contributed by atoms with Gasteiger partial charge in [-0.2, -0.15) is 0 Å². The van der Waals surface area contributed by atoms with Crippen LogP contribution in [0, 0.1) is 0 Å². The first-order valence-corrected chi connectivity index (χ1v) is 9.42. The number of piperidine rings is 1. The van der Waals surface area contributed by atoms with Crippen LogP contribution in [-0.4, -0.2) is 44.2 Å². The molecule has 2 aromatic heterocycles. The molecule has 0 spiro atoms. The first-order chi connectivity index (χ1) is 12.3. The van der Waals surface area contributed by atoms with E-state index in [0.29, 0.717) is 18.5 Å². The van der Waals surface area contributed by atoms with Crippen LogP contribution in [0.25, 0.3) is 0 Å². The highest BCUT2D eigenvalue weighted by Gasteiger charge is 2.20. The Morgan fingerprint density at radius 2 is 2.16 bits per heavy atom. The molecule has 2 N–H and O–H groups in total. The summed E-state index contributed by atoms with van der Waals surface area (Å²) in [5, 5.41) is 10.4. The zero-order chi connectivity index (χ0) is 17.5. The van der Waals surface area contributed by atoms with Crippen molar-refractivity contribution >= 4 is 22.3 Å². The van der Waals surface area contributed by atoms with Gasteiger partial charge < -0.3 is 20.3 Å². The van der Waals surface area contributed by atoms with Crippen LogP contribution in [0.5, 0.6) is 5.88 Å². The predicted molar refractivity (Wildman–Crippen MR) is 104 cm³/mol. The van der Waals surface area contributed by atoms with Crippen molar-refractivity contribution in [2.24, 2.45) is 4.99 Å². The van der Waals surface area contributed by atoms with Gasteiger partial charge in [0, 0.05) is 32.2 Å². The van der Waals surface area contributed by atoms with Crippen molar-refractivity contribution in [1.82, 2.24) is 15.6 Å². The minimum atomic E-state index is 0.445. The molecule has 0 aromatic carbocycles. The summed E-state index contributed by atoms with van der Waals surface area (Å²) < 4.78 is 5.16. The number of ether oxygens (including phenoxy) is 1. The third kappa shape index (κ3) is 4.85. The largest absolute Gasteiger partial charge is 0.481 e. The van der Waals surface area contributed by atoms with Gasteiger partial charge in [-0.1, -0.05) is 6.07 Å². The minimum Gasteiger partial charge on any atom is -0.481 e. The Morgan fingerprint density at radius 3 is 2.84 bits per heavy atom. The molecule has 134 valence electrons. The van der Waals surface area contributed by atoms with Crippen molar-refractivity contribution in [2.45, 2.75) is 25.4 Å². The molecule has 6 nitrogen and oxygen atoms in total. The van der Waals surface area contributed by atoms with E-state index in [-0.39, 0.29) is 0 Å². The number of pyridine rings is 1. The van der Waals surface area contributed by atoms with E-state index in [1.54, 1.807) is 14.2 Å². The monoisotopic (exact) mass is 359 g/mol. The van der Waals surface area contributed by atoms with Crippen molar-refractivity contribution in [3.8, 4) is 5.88 Å². The summed E-state index contributed by atoms with van der Waals surface area (Å²) in [5.74, 6) is 1.45. The zero-order valence-corrected chi connectivity index (χ0v) is 15.6. The average Bonchev–Trinajstić information content (AvgIpc) is 3.20. The third-order valence-corrected chi connectivity index (χ3v) is 5.23. The number of nitrogens with zero attached hydrogens (tertiary/aromatic N) is 3. The summed E-state index contributed by atoms with van der Waals surface area (Å²) >= 11 is 1.81. The van der Waals surface area contributed by atoms with E-state index >= 15 is 0 Å². The Balaban J connectivity index is 1.46. The third-order valence-electron chi connectivity index (χ3n) is 4.30. The number of aromatic nitrogens is 1. The molecule has 0 amide bonds. The average molecular weight is 359 g/mol. The second-order valence-electron chi connectivity index (χ2n) is 5.95. The molecule has 7 heteroatoms. The molecule has 0 atom stereocenters. The number of nitrogens with one attached hydrogen (secondary N) is 2. The Kier molecular flexibility index (Phi) is 6.11. The van der Waals surface area contributed by atoms with Crippen LogP contribution in [-0.2, 0) is 6.54 Å². The Bertz CT molecular complexity index is 681. The van der Waals surface area contributed by atoms with E-state index < -0.39 is 0 Å². The lowest BCUT2D eigenvalue weighted by Gasteiger charge is -2.33. The highest BCUT2D eigenvalue weighted by molar-refractivity contribution is 7.14. The van der Waals surface area contributed by atoms with Crippen LogP contribution in [0.2, 0.25) is 0 Å². The molecular formula is C18H25N5OS. The maximum absolute atomic E-state index is 5.16. The van der Waals surface area contributed by atoms with E-state index in [1.807, 2.05) is 29.5 Å². The maximum atomic E-state index is 5.16. The number of hydrogen-bond donors (Lipinski definition) is 2. The molecule has 1 fully saturated rings. The Morgan fingerprint density at radius 1 is 1.32 bits per heavy atom. The molecule has 2 aromatic rings. The fourth-order valence-electron chi connectivity index (χ4n) is 2.93. The second kappa shape index (κ2) is 8.71. The van der Waals surface area contributed by atoms with Gasteiger partial charge in [0.1, 0.15) is 0 Å². The molecule has 0 saturated carbocycles. The molecule has 3 rings (SSSR count). The van der Waals surface area contributed by atoms with Crippen molar-refractivity contribution < 1.29 is 4.74 Å². The smallest absolute Gasteiger partial charge is 0.213 e. The first-order valence-electron chi connectivity index (χ1n) is 8.54. The summed E-state index contributed by atoms with van der Waals surface area (Å²) in [6.45, 7) is 2.77. The van der Waals surface area contributed by atoms with Crippen LogP contribution in [0.15, 0.2) is 40.7 Å². The number of methoxy groups -OCH3 is 1. The van der Waals surface area contributed by atoms with E-state index in [1.165, 1.54) is 5.00 Å². The van der Waals surface area contributed by atoms with Crippen molar-refractivity contribution in [3.63, 3.8) is 0 Å². The molecule has 1 aliphatic rings. The van der Waals surface area contributed by atoms with Crippen LogP contribution < -0.4 is 20.3 Å². The molecular weight excluding hydrogens is 334 g/mol. The zero-order valence-electron chi connectivity index (χ0n) is 14.7. The SMILES string of the molecule is CN=C(NCc1cccc(OC)n1)NC1CCN(c2cccs2)CC1. The topological polar surface area (TPSA) is 61.8 Å². The molecule has 0 unspecified atom stereocenters. The lowest BCUT2D eigenvalue weighted by Crippen LogP contribution is -2.48. The van der Waals surface area contributed by atoms with Gasteiger partial charge in [0.05, 0.1) is 24.3 Å². The summed E-state index contributed by atoms with van der Waals surface area (Å²) in [5.41, 5.74) is 0.926. The highest BCUT2D eigenvalue weighted by atomic mass is 32.1. The number of thiophene rings is 1. The molecule has 0 radical (unpaired) electrons. The highest BCUT2D eigenvalue weighted by Crippen LogP contribution is 2.24. The van der Waals surface area contributed by atoms with Crippen molar-refractivity contribution in [1.29, 1.82) is 0 Å². The van der Waals surface area contributed by atoms with Gasteiger partial charge in [-0.3, -0.25) is 4.99 Å². The number of guanidine groups is 1. The summed E-state index contributed by atoms with van der Waals surface area (Å²) in [7, 11) is 3.43. The molecule has 0 bridgehead atoms. The van der Waals surface area contributed by atoms with Gasteiger partial charge in [0.25, 0.3) is 0 Å². The Hall–Kier alpha value is -2.28. The fraction of sp³-hybridized carbons (Fsp3) is 0.444. The molecule has 1 aliphatic heterocycles. The number of rotatable bonds is 5. The standard InChI is InChI=1S/C18H25N5OS/c1-19-18(20-13-15-5-3-6-16(21-15)24-2)22-14-8-10-23(11-9-14)17-7-4-12-25-17/h3-7,12,14H,8-11,13H2,1-2H3,(H2,19,20,22). The van der Waals surface area contributed by atoms with Gasteiger partial charge in [-0.05, 0) is 36.4 Å². The molecule has 3 heterocycles.